The van der Waals surface area contributed by atoms with Gasteiger partial charge in [-0.3, -0.25) is 24.0 Å². The van der Waals surface area contributed by atoms with Gasteiger partial charge < -0.3 is 4.90 Å². The number of nitro groups is 1. The van der Waals surface area contributed by atoms with E-state index in [1.54, 1.807) is 20.2 Å². The number of fused-ring (bicyclic) bond motifs is 1. The molecule has 1 aliphatic heterocycles. The fourth-order valence-electron chi connectivity index (χ4n) is 3.86. The summed E-state index contributed by atoms with van der Waals surface area (Å²) >= 11 is 0. The van der Waals surface area contributed by atoms with Crippen LogP contribution in [-0.2, 0) is 24.1 Å². The topological polar surface area (TPSA) is 128 Å². The number of nitrogens with zero attached hydrogens (tertiary/aromatic N) is 5. The number of carbonyl (C=O) groups is 1. The van der Waals surface area contributed by atoms with E-state index in [0.717, 1.165) is 0 Å². The zero-order valence-corrected chi connectivity index (χ0v) is 18.3. The van der Waals surface area contributed by atoms with Gasteiger partial charge in [-0.2, -0.15) is 4.31 Å². The van der Waals surface area contributed by atoms with Crippen LogP contribution in [0.4, 0.5) is 5.69 Å². The largest absolute Gasteiger partial charge is 0.336 e. The summed E-state index contributed by atoms with van der Waals surface area (Å²) < 4.78 is 30.4. The van der Waals surface area contributed by atoms with Gasteiger partial charge >= 0.3 is 5.69 Å². The standard InChI is InChI=1S/C20H21N5O6S/c1-21-17-7-6-16(13-18(17)22(2)20(21)27)32(30,31)24-10-8-23(9-11-24)19(26)14-4-3-5-15(12-14)25(28)29/h3-7,12-13H,8-11H2,1-2H3. The van der Waals surface area contributed by atoms with Crippen molar-refractivity contribution in [2.75, 3.05) is 26.2 Å². The highest BCUT2D eigenvalue weighted by atomic mass is 32.2. The Morgan fingerprint density at radius 2 is 1.62 bits per heavy atom. The molecule has 1 aromatic heterocycles. The van der Waals surface area contributed by atoms with Gasteiger partial charge in [-0.1, -0.05) is 6.07 Å². The van der Waals surface area contributed by atoms with Crippen LogP contribution in [0.25, 0.3) is 11.0 Å². The van der Waals surface area contributed by atoms with Crippen molar-refractivity contribution in [1.82, 2.24) is 18.3 Å². The molecular weight excluding hydrogens is 438 g/mol. The molecule has 0 aliphatic carbocycles. The number of amides is 1. The molecule has 0 unspecified atom stereocenters. The Morgan fingerprint density at radius 3 is 2.28 bits per heavy atom. The van der Waals surface area contributed by atoms with Crippen molar-refractivity contribution in [2.45, 2.75) is 4.90 Å². The first-order valence-corrected chi connectivity index (χ1v) is 11.2. The summed E-state index contributed by atoms with van der Waals surface area (Å²) in [7, 11) is -0.620. The number of benzene rings is 2. The van der Waals surface area contributed by atoms with Gasteiger partial charge in [-0.05, 0) is 24.3 Å². The second kappa shape index (κ2) is 7.88. The van der Waals surface area contributed by atoms with Crippen LogP contribution >= 0.6 is 0 Å². The van der Waals surface area contributed by atoms with Crippen LogP contribution in [-0.4, -0.2) is 63.8 Å². The molecule has 4 rings (SSSR count). The quantitative estimate of drug-likeness (QED) is 0.422. The van der Waals surface area contributed by atoms with Crippen molar-refractivity contribution in [1.29, 1.82) is 0 Å². The maximum Gasteiger partial charge on any atom is 0.328 e. The van der Waals surface area contributed by atoms with E-state index in [1.807, 2.05) is 0 Å². The van der Waals surface area contributed by atoms with Gasteiger partial charge in [0.1, 0.15) is 0 Å². The monoisotopic (exact) mass is 459 g/mol. The first-order chi connectivity index (χ1) is 15.1. The van der Waals surface area contributed by atoms with E-state index in [-0.39, 0.29) is 53.9 Å². The summed E-state index contributed by atoms with van der Waals surface area (Å²) in [6.45, 7) is 0.503. The molecule has 1 aliphatic rings. The molecule has 1 saturated heterocycles. The highest BCUT2D eigenvalue weighted by molar-refractivity contribution is 7.89. The summed E-state index contributed by atoms with van der Waals surface area (Å²) in [5.41, 5.74) is 0.901. The Kier molecular flexibility index (Phi) is 5.34. The third kappa shape index (κ3) is 3.56. The molecule has 0 radical (unpaired) electrons. The molecule has 168 valence electrons. The average molecular weight is 459 g/mol. The summed E-state index contributed by atoms with van der Waals surface area (Å²) in [6, 6.07) is 10.0. The number of rotatable bonds is 4. The highest BCUT2D eigenvalue weighted by Crippen LogP contribution is 2.23. The Hall–Kier alpha value is -3.51. The predicted octanol–water partition coefficient (Wildman–Crippen LogP) is 0.932. The summed E-state index contributed by atoms with van der Waals surface area (Å²) in [5.74, 6) is -0.383. The van der Waals surface area contributed by atoms with Crippen LogP contribution in [0.15, 0.2) is 52.2 Å². The van der Waals surface area contributed by atoms with E-state index in [0.29, 0.717) is 11.0 Å². The third-order valence-corrected chi connectivity index (χ3v) is 7.61. The summed E-state index contributed by atoms with van der Waals surface area (Å²) in [5, 5.41) is 11.0. The molecule has 32 heavy (non-hydrogen) atoms. The predicted molar refractivity (Wildman–Crippen MR) is 116 cm³/mol. The van der Waals surface area contributed by atoms with Crippen molar-refractivity contribution < 1.29 is 18.1 Å². The molecule has 0 spiro atoms. The third-order valence-electron chi connectivity index (χ3n) is 5.71. The Labute approximate surface area is 183 Å². The molecule has 1 amide bonds. The number of sulfonamides is 1. The average Bonchev–Trinajstić information content (AvgIpc) is 3.02. The zero-order chi connectivity index (χ0) is 23.2. The minimum atomic E-state index is -3.82. The van der Waals surface area contributed by atoms with Gasteiger partial charge in [0.2, 0.25) is 10.0 Å². The van der Waals surface area contributed by atoms with Gasteiger partial charge in [-0.25, -0.2) is 13.2 Å². The van der Waals surface area contributed by atoms with Gasteiger partial charge in [0.25, 0.3) is 11.6 Å². The maximum atomic E-state index is 13.2. The lowest BCUT2D eigenvalue weighted by Crippen LogP contribution is -2.50. The Bertz CT molecular complexity index is 1400. The lowest BCUT2D eigenvalue weighted by atomic mass is 10.1. The molecule has 0 N–H and O–H groups in total. The molecule has 12 heteroatoms. The van der Waals surface area contributed by atoms with Crippen molar-refractivity contribution in [3.05, 3.63) is 68.6 Å². The number of imidazole rings is 1. The zero-order valence-electron chi connectivity index (χ0n) is 17.5. The molecule has 0 saturated carbocycles. The molecule has 2 aromatic carbocycles. The Morgan fingerprint density at radius 1 is 0.969 bits per heavy atom. The number of aromatic nitrogens is 2. The van der Waals surface area contributed by atoms with Gasteiger partial charge in [0.15, 0.2) is 0 Å². The summed E-state index contributed by atoms with van der Waals surface area (Å²) in [6.07, 6.45) is 0. The van der Waals surface area contributed by atoms with Crippen LogP contribution < -0.4 is 5.69 Å². The molecule has 1 fully saturated rings. The molecule has 0 bridgehead atoms. The fraction of sp³-hybridized carbons (Fsp3) is 0.300. The van der Waals surface area contributed by atoms with Crippen molar-refractivity contribution in [2.24, 2.45) is 14.1 Å². The number of hydrogen-bond acceptors (Lipinski definition) is 6. The van der Waals surface area contributed by atoms with Crippen LogP contribution in [0.2, 0.25) is 0 Å². The molecule has 3 aromatic rings. The number of nitro benzene ring substituents is 1. The second-order valence-electron chi connectivity index (χ2n) is 7.55. The SMILES string of the molecule is Cn1c(=O)n(C)c2cc(S(=O)(=O)N3CCN(C(=O)c4cccc([N+](=O)[O-])c4)CC3)ccc21. The second-order valence-corrected chi connectivity index (χ2v) is 9.49. The molecular formula is C20H21N5O6S. The van der Waals surface area contributed by atoms with E-state index in [4.69, 9.17) is 0 Å². The van der Waals surface area contributed by atoms with Crippen LogP contribution in [0, 0.1) is 10.1 Å². The van der Waals surface area contributed by atoms with E-state index in [1.165, 1.54) is 54.7 Å². The van der Waals surface area contributed by atoms with Gasteiger partial charge in [-0.15, -0.1) is 0 Å². The normalized spacial score (nSPS) is 15.2. The lowest BCUT2D eigenvalue weighted by molar-refractivity contribution is -0.384. The Balaban J connectivity index is 1.52. The lowest BCUT2D eigenvalue weighted by Gasteiger charge is -2.34. The van der Waals surface area contributed by atoms with E-state index in [2.05, 4.69) is 0 Å². The van der Waals surface area contributed by atoms with E-state index >= 15 is 0 Å². The van der Waals surface area contributed by atoms with Crippen molar-refractivity contribution in [3.8, 4) is 0 Å². The minimum absolute atomic E-state index is 0.0738. The number of piperazine rings is 1. The number of carbonyl (C=O) groups excluding carboxylic acids is 1. The molecule has 11 nitrogen and oxygen atoms in total. The minimum Gasteiger partial charge on any atom is -0.336 e. The van der Waals surface area contributed by atoms with Crippen molar-refractivity contribution >= 4 is 32.7 Å². The van der Waals surface area contributed by atoms with Gasteiger partial charge in [0, 0.05) is 58.0 Å². The van der Waals surface area contributed by atoms with Crippen LogP contribution in [0.3, 0.4) is 0 Å². The highest BCUT2D eigenvalue weighted by Gasteiger charge is 2.31. The summed E-state index contributed by atoms with van der Waals surface area (Å²) in [4.78, 5) is 36.8. The first kappa shape index (κ1) is 21.7. The van der Waals surface area contributed by atoms with Gasteiger partial charge in [0.05, 0.1) is 20.9 Å². The molecule has 2 heterocycles. The number of aryl methyl sites for hydroxylation is 2. The number of hydrogen-bond donors (Lipinski definition) is 0. The molecule has 0 atom stereocenters. The maximum absolute atomic E-state index is 13.2. The van der Waals surface area contributed by atoms with Crippen LogP contribution in [0.1, 0.15) is 10.4 Å². The fourth-order valence-corrected chi connectivity index (χ4v) is 5.31. The first-order valence-electron chi connectivity index (χ1n) is 9.80. The van der Waals surface area contributed by atoms with E-state index in [9.17, 15) is 28.1 Å². The van der Waals surface area contributed by atoms with Crippen LogP contribution in [0.5, 0.6) is 0 Å². The van der Waals surface area contributed by atoms with Crippen molar-refractivity contribution in [3.63, 3.8) is 0 Å². The smallest absolute Gasteiger partial charge is 0.328 e. The van der Waals surface area contributed by atoms with E-state index < -0.39 is 14.9 Å². The number of non-ortho nitro benzene ring substituents is 1.